The van der Waals surface area contributed by atoms with Gasteiger partial charge in [-0.05, 0) is 5.41 Å². The van der Waals surface area contributed by atoms with Gasteiger partial charge in [0.25, 0.3) is 0 Å². The molecular formula is C7H19ClHgP. The van der Waals surface area contributed by atoms with E-state index in [1.807, 2.05) is 0 Å². The monoisotopic (exact) mass is 371 g/mol. The molecule has 0 radical (unpaired) electrons. The maximum absolute atomic E-state index is 5.66. The summed E-state index contributed by atoms with van der Waals surface area (Å²) < 4.78 is 1.27. The van der Waals surface area contributed by atoms with Crippen molar-refractivity contribution in [3.8, 4) is 0 Å². The van der Waals surface area contributed by atoms with Crippen molar-refractivity contribution < 1.29 is 21.2 Å². The molecule has 61 valence electrons. The van der Waals surface area contributed by atoms with Gasteiger partial charge in [-0.25, -0.2) is 0 Å². The topological polar surface area (TPSA) is 0 Å². The summed E-state index contributed by atoms with van der Waals surface area (Å²) in [5, 5.41) is 0. The first-order valence-electron chi connectivity index (χ1n) is 3.88. The van der Waals surface area contributed by atoms with Gasteiger partial charge in [0.2, 0.25) is 0 Å². The molecule has 0 aliphatic rings. The molecule has 1 atom stereocenters. The van der Waals surface area contributed by atoms with E-state index in [2.05, 4.69) is 40.9 Å². The number of rotatable bonds is 1. The summed E-state index contributed by atoms with van der Waals surface area (Å²) in [7, 11) is 5.66. The zero-order chi connectivity index (χ0) is 8.78. The maximum atomic E-state index is 5.66. The van der Waals surface area contributed by atoms with Crippen LogP contribution in [-0.2, 0) is 21.2 Å². The molecule has 0 rings (SSSR count). The van der Waals surface area contributed by atoms with Crippen molar-refractivity contribution in [2.75, 3.05) is 0 Å². The molecule has 0 saturated carbocycles. The molecule has 0 bridgehead atoms. The third-order valence-corrected chi connectivity index (χ3v) is 12.6. The van der Waals surface area contributed by atoms with E-state index in [4.69, 9.17) is 8.25 Å². The van der Waals surface area contributed by atoms with E-state index < -0.39 is 21.2 Å². The predicted molar refractivity (Wildman–Crippen MR) is 51.2 cm³/mol. The first kappa shape index (κ1) is 14.2. The fourth-order valence-electron chi connectivity index (χ4n) is 0. The van der Waals surface area contributed by atoms with Crippen molar-refractivity contribution in [2.45, 2.75) is 38.5 Å². The molecule has 0 heterocycles. The van der Waals surface area contributed by atoms with E-state index >= 15 is 0 Å². The summed E-state index contributed by atoms with van der Waals surface area (Å²) in [6.07, 6.45) is 2.73. The summed E-state index contributed by atoms with van der Waals surface area (Å²) in [5.41, 5.74) is 0.500. The Hall–Kier alpha value is 1.66. The average molecular weight is 370 g/mol. The average Bonchev–Trinajstić information content (AvgIpc) is 1.61. The minimum absolute atomic E-state index is 0.500. The Balaban J connectivity index is 0. The summed E-state index contributed by atoms with van der Waals surface area (Å²) in [6, 6.07) is 0. The zero-order valence-electron chi connectivity index (χ0n) is 7.87. The van der Waals surface area contributed by atoms with Crippen molar-refractivity contribution >= 4 is 14.5 Å². The fraction of sp³-hybridized carbons (Fsp3) is 1.00. The van der Waals surface area contributed by atoms with Crippen molar-refractivity contribution in [1.29, 1.82) is 0 Å². The van der Waals surface area contributed by atoms with Crippen LogP contribution in [0, 0.1) is 5.41 Å². The molecule has 0 nitrogen and oxygen atoms in total. The quantitative estimate of drug-likeness (QED) is 0.483. The number of hydrogen-bond acceptors (Lipinski definition) is 0. The summed E-state index contributed by atoms with van der Waals surface area (Å²) in [6.45, 7) is 10.9. The molecule has 1 unspecified atom stereocenters. The predicted octanol–water partition coefficient (Wildman–Crippen LogP) is 4.04. The standard InChI is InChI=1S/C5H12.C2H5.ClH.Hg.H2P/c1-5(2,3)4;1-2;;;/h1-4H3;1H2,2H3;1H;;1H2/q;;;+2;-1/p-1. The van der Waals surface area contributed by atoms with Gasteiger partial charge in [0, 0.05) is 0 Å². The first-order valence-corrected chi connectivity index (χ1v) is 24.9. The SMILES string of the molecule is CC(C)(C)C.C[CH2][Hg]([PH2])[Cl]. The molecule has 0 aromatic heterocycles. The molecule has 10 heavy (non-hydrogen) atoms. The van der Waals surface area contributed by atoms with E-state index in [0.717, 1.165) is 0 Å². The Morgan fingerprint density at radius 2 is 1.40 bits per heavy atom. The van der Waals surface area contributed by atoms with Crippen LogP contribution < -0.4 is 0 Å². The second-order valence-electron chi connectivity index (χ2n) is 4.13. The van der Waals surface area contributed by atoms with E-state index in [0.29, 0.717) is 5.41 Å². The van der Waals surface area contributed by atoms with Gasteiger partial charge in [-0.3, -0.25) is 0 Å². The van der Waals surface area contributed by atoms with Crippen LogP contribution in [0.4, 0.5) is 0 Å². The normalized spacial score (nSPS) is 9.90. The van der Waals surface area contributed by atoms with Crippen LogP contribution in [0.1, 0.15) is 34.6 Å². The Kier molecular flexibility index (Phi) is 10.4. The molecule has 0 amide bonds. The zero-order valence-corrected chi connectivity index (χ0v) is 15.3. The van der Waals surface area contributed by atoms with Gasteiger partial charge in [-0.15, -0.1) is 0 Å². The molecule has 0 aromatic rings. The van der Waals surface area contributed by atoms with E-state index in [1.165, 1.54) is 3.93 Å². The van der Waals surface area contributed by atoms with E-state index in [9.17, 15) is 0 Å². The van der Waals surface area contributed by atoms with Crippen molar-refractivity contribution in [3.63, 3.8) is 0 Å². The third kappa shape index (κ3) is 54.1. The van der Waals surface area contributed by atoms with Gasteiger partial charge in [-0.2, -0.15) is 0 Å². The molecule has 0 fully saturated rings. The second kappa shape index (κ2) is 7.31. The van der Waals surface area contributed by atoms with Gasteiger partial charge >= 0.3 is 46.6 Å². The fourth-order valence-corrected chi connectivity index (χ4v) is 0. The molecule has 3 heteroatoms. The molecule has 0 aromatic carbocycles. The van der Waals surface area contributed by atoms with Gasteiger partial charge in [0.15, 0.2) is 0 Å². The van der Waals surface area contributed by atoms with Crippen LogP contribution in [0.3, 0.4) is 0 Å². The molecule has 0 N–H and O–H groups in total. The molecule has 0 aliphatic carbocycles. The Morgan fingerprint density at radius 3 is 1.40 bits per heavy atom. The van der Waals surface area contributed by atoms with Crippen LogP contribution in [0.5, 0.6) is 0 Å². The summed E-state index contributed by atoms with van der Waals surface area (Å²) in [5.74, 6) is 0. The summed E-state index contributed by atoms with van der Waals surface area (Å²) >= 11 is -1.45. The first-order chi connectivity index (χ1) is 4.27. The van der Waals surface area contributed by atoms with Crippen LogP contribution in [0.15, 0.2) is 0 Å². The molecular weight excluding hydrogens is 351 g/mol. The van der Waals surface area contributed by atoms with Crippen molar-refractivity contribution in [3.05, 3.63) is 0 Å². The van der Waals surface area contributed by atoms with Crippen molar-refractivity contribution in [1.82, 2.24) is 0 Å². The molecule has 0 saturated heterocycles. The van der Waals surface area contributed by atoms with Crippen LogP contribution >= 0.6 is 14.5 Å². The second-order valence-corrected chi connectivity index (χ2v) is 32.1. The summed E-state index contributed by atoms with van der Waals surface area (Å²) in [4.78, 5) is 0. The molecule has 0 spiro atoms. The minimum atomic E-state index is -1.45. The van der Waals surface area contributed by atoms with Gasteiger partial charge in [0.1, 0.15) is 0 Å². The van der Waals surface area contributed by atoms with E-state index in [1.54, 1.807) is 0 Å². The van der Waals surface area contributed by atoms with Crippen LogP contribution in [0.25, 0.3) is 0 Å². The van der Waals surface area contributed by atoms with Crippen LogP contribution in [0.2, 0.25) is 3.93 Å². The number of halogens is 1. The van der Waals surface area contributed by atoms with Gasteiger partial charge in [0.05, 0.1) is 0 Å². The number of hydrogen-bond donors (Lipinski definition) is 0. The Labute approximate surface area is 79.2 Å². The van der Waals surface area contributed by atoms with Crippen molar-refractivity contribution in [2.24, 2.45) is 5.41 Å². The molecule has 0 aliphatic heterocycles. The van der Waals surface area contributed by atoms with Gasteiger partial charge in [-0.1, -0.05) is 27.7 Å². The van der Waals surface area contributed by atoms with Crippen LogP contribution in [-0.4, -0.2) is 0 Å². The van der Waals surface area contributed by atoms with E-state index in [-0.39, 0.29) is 0 Å². The van der Waals surface area contributed by atoms with Gasteiger partial charge < -0.3 is 0 Å². The third-order valence-electron chi connectivity index (χ3n) is 0.478. The Morgan fingerprint density at radius 1 is 1.30 bits per heavy atom. The Bertz CT molecular complexity index is 62.5.